The van der Waals surface area contributed by atoms with Gasteiger partial charge in [-0.3, -0.25) is 9.40 Å². The maximum atomic E-state index is 12.6. The van der Waals surface area contributed by atoms with E-state index >= 15 is 0 Å². The molecule has 0 amide bonds. The Bertz CT molecular complexity index is 779. The SMILES string of the molecule is COc1ccc(C)cc1NS(=O)(=O)c1c(C)nn(C)c1C. The molecule has 1 aromatic heterocycles. The monoisotopic (exact) mass is 309 g/mol. The minimum absolute atomic E-state index is 0.202. The summed E-state index contributed by atoms with van der Waals surface area (Å²) >= 11 is 0. The Hall–Kier alpha value is -2.02. The summed E-state index contributed by atoms with van der Waals surface area (Å²) in [7, 11) is -0.497. The maximum Gasteiger partial charge on any atom is 0.265 e. The third-order valence-electron chi connectivity index (χ3n) is 3.31. The zero-order chi connectivity index (χ0) is 15.8. The van der Waals surface area contributed by atoms with Crippen LogP contribution in [0.2, 0.25) is 0 Å². The minimum atomic E-state index is -3.72. The second-order valence-electron chi connectivity index (χ2n) is 4.93. The number of sulfonamides is 1. The lowest BCUT2D eigenvalue weighted by Gasteiger charge is -2.12. The van der Waals surface area contributed by atoms with E-state index in [-0.39, 0.29) is 4.90 Å². The van der Waals surface area contributed by atoms with Crippen LogP contribution in [0.25, 0.3) is 0 Å². The molecule has 0 fully saturated rings. The molecule has 0 bridgehead atoms. The van der Waals surface area contributed by atoms with Crippen LogP contribution in [0, 0.1) is 20.8 Å². The Morgan fingerprint density at radius 3 is 2.43 bits per heavy atom. The van der Waals surface area contributed by atoms with Crippen LogP contribution in [0.3, 0.4) is 0 Å². The van der Waals surface area contributed by atoms with Crippen molar-refractivity contribution in [1.29, 1.82) is 0 Å². The third kappa shape index (κ3) is 2.87. The van der Waals surface area contributed by atoms with Gasteiger partial charge in [0.25, 0.3) is 10.0 Å². The molecule has 1 aromatic carbocycles. The number of methoxy groups -OCH3 is 1. The highest BCUT2D eigenvalue weighted by molar-refractivity contribution is 7.92. The summed E-state index contributed by atoms with van der Waals surface area (Å²) in [6, 6.07) is 5.32. The van der Waals surface area contributed by atoms with Crippen LogP contribution in [0.15, 0.2) is 23.1 Å². The molecule has 1 heterocycles. The molecule has 0 atom stereocenters. The van der Waals surface area contributed by atoms with Crippen LogP contribution in [0.4, 0.5) is 5.69 Å². The molecule has 0 aliphatic rings. The summed E-state index contributed by atoms with van der Waals surface area (Å²) in [5.41, 5.74) is 2.41. The number of anilines is 1. The maximum absolute atomic E-state index is 12.6. The van der Waals surface area contributed by atoms with E-state index in [1.165, 1.54) is 7.11 Å². The van der Waals surface area contributed by atoms with Gasteiger partial charge in [0.1, 0.15) is 10.6 Å². The first-order valence-corrected chi connectivity index (χ1v) is 7.92. The summed E-state index contributed by atoms with van der Waals surface area (Å²) in [5.74, 6) is 0.475. The van der Waals surface area contributed by atoms with Gasteiger partial charge in [0.2, 0.25) is 0 Å². The van der Waals surface area contributed by atoms with Gasteiger partial charge in [-0.1, -0.05) is 6.07 Å². The molecule has 2 rings (SSSR count). The van der Waals surface area contributed by atoms with Crippen LogP contribution in [0.5, 0.6) is 5.75 Å². The number of aromatic nitrogens is 2. The Morgan fingerprint density at radius 1 is 1.24 bits per heavy atom. The number of benzene rings is 1. The van der Waals surface area contributed by atoms with Gasteiger partial charge in [0.15, 0.2) is 0 Å². The lowest BCUT2D eigenvalue weighted by atomic mass is 10.2. The fourth-order valence-corrected chi connectivity index (χ4v) is 3.74. The number of nitrogens with zero attached hydrogens (tertiary/aromatic N) is 2. The van der Waals surface area contributed by atoms with Crippen molar-refractivity contribution >= 4 is 15.7 Å². The third-order valence-corrected chi connectivity index (χ3v) is 4.93. The molecule has 0 saturated carbocycles. The van der Waals surface area contributed by atoms with E-state index in [4.69, 9.17) is 4.74 Å². The van der Waals surface area contributed by atoms with Gasteiger partial charge in [0.05, 0.1) is 24.2 Å². The van der Waals surface area contributed by atoms with E-state index in [9.17, 15) is 8.42 Å². The molecule has 0 aliphatic carbocycles. The summed E-state index contributed by atoms with van der Waals surface area (Å²) < 4.78 is 34.6. The zero-order valence-electron chi connectivity index (χ0n) is 12.8. The van der Waals surface area contributed by atoms with E-state index < -0.39 is 10.0 Å². The first-order chi connectivity index (χ1) is 9.76. The largest absolute Gasteiger partial charge is 0.495 e. The van der Waals surface area contributed by atoms with E-state index in [1.54, 1.807) is 37.7 Å². The first-order valence-electron chi connectivity index (χ1n) is 6.44. The predicted molar refractivity (Wildman–Crippen MR) is 81.2 cm³/mol. The fraction of sp³-hybridized carbons (Fsp3) is 0.357. The molecule has 0 aliphatic heterocycles. The summed E-state index contributed by atoms with van der Waals surface area (Å²) in [5, 5.41) is 4.14. The fourth-order valence-electron chi connectivity index (χ4n) is 2.24. The van der Waals surface area contributed by atoms with Crippen molar-refractivity contribution in [3.63, 3.8) is 0 Å². The van der Waals surface area contributed by atoms with Crippen molar-refractivity contribution in [2.24, 2.45) is 7.05 Å². The van der Waals surface area contributed by atoms with Gasteiger partial charge in [-0.15, -0.1) is 0 Å². The highest BCUT2D eigenvalue weighted by Crippen LogP contribution is 2.29. The van der Waals surface area contributed by atoms with E-state index in [0.717, 1.165) is 5.56 Å². The second kappa shape index (κ2) is 5.40. The molecule has 21 heavy (non-hydrogen) atoms. The lowest BCUT2D eigenvalue weighted by Crippen LogP contribution is -2.15. The zero-order valence-corrected chi connectivity index (χ0v) is 13.6. The number of nitrogens with one attached hydrogen (secondary N) is 1. The van der Waals surface area contributed by atoms with Crippen molar-refractivity contribution < 1.29 is 13.2 Å². The number of hydrogen-bond donors (Lipinski definition) is 1. The Morgan fingerprint density at radius 2 is 1.90 bits per heavy atom. The van der Waals surface area contributed by atoms with Crippen molar-refractivity contribution in [2.45, 2.75) is 25.7 Å². The molecule has 6 nitrogen and oxygen atoms in total. The molecule has 114 valence electrons. The van der Waals surface area contributed by atoms with E-state index in [2.05, 4.69) is 9.82 Å². The first kappa shape index (κ1) is 15.4. The van der Waals surface area contributed by atoms with E-state index in [1.807, 2.05) is 13.0 Å². The smallest absolute Gasteiger partial charge is 0.265 e. The van der Waals surface area contributed by atoms with Gasteiger partial charge in [0, 0.05) is 7.05 Å². The van der Waals surface area contributed by atoms with Crippen molar-refractivity contribution in [1.82, 2.24) is 9.78 Å². The second-order valence-corrected chi connectivity index (χ2v) is 6.55. The van der Waals surface area contributed by atoms with Crippen LogP contribution < -0.4 is 9.46 Å². The topological polar surface area (TPSA) is 73.2 Å². The minimum Gasteiger partial charge on any atom is -0.495 e. The van der Waals surface area contributed by atoms with Gasteiger partial charge < -0.3 is 4.74 Å². The number of aryl methyl sites for hydroxylation is 3. The molecule has 7 heteroatoms. The van der Waals surface area contributed by atoms with E-state index in [0.29, 0.717) is 22.8 Å². The average molecular weight is 309 g/mol. The normalized spacial score (nSPS) is 11.5. The van der Waals surface area contributed by atoms with Crippen LogP contribution in [0.1, 0.15) is 17.0 Å². The van der Waals surface area contributed by atoms with Crippen LogP contribution in [-0.2, 0) is 17.1 Å². The van der Waals surface area contributed by atoms with Crippen molar-refractivity contribution in [3.05, 3.63) is 35.2 Å². The molecular formula is C14H19N3O3S. The predicted octanol–water partition coefficient (Wildman–Crippen LogP) is 2.15. The Kier molecular flexibility index (Phi) is 3.95. The highest BCUT2D eigenvalue weighted by Gasteiger charge is 2.24. The highest BCUT2D eigenvalue weighted by atomic mass is 32.2. The molecule has 0 spiro atoms. The van der Waals surface area contributed by atoms with Gasteiger partial charge in [-0.05, 0) is 38.5 Å². The molecule has 0 radical (unpaired) electrons. The summed E-state index contributed by atoms with van der Waals surface area (Å²) in [6.07, 6.45) is 0. The standard InChI is InChI=1S/C14H19N3O3S/c1-9-6-7-13(20-5)12(8-9)16-21(18,19)14-10(2)15-17(4)11(14)3/h6-8,16H,1-5H3. The van der Waals surface area contributed by atoms with Crippen LogP contribution in [-0.4, -0.2) is 25.3 Å². The van der Waals surface area contributed by atoms with Crippen molar-refractivity contribution in [3.8, 4) is 5.75 Å². The number of hydrogen-bond acceptors (Lipinski definition) is 4. The Balaban J connectivity index is 2.50. The Labute approximate surface area is 124 Å². The van der Waals surface area contributed by atoms with Gasteiger partial charge >= 0.3 is 0 Å². The quantitative estimate of drug-likeness (QED) is 0.939. The molecule has 0 saturated heterocycles. The molecule has 0 unspecified atom stereocenters. The molecular weight excluding hydrogens is 290 g/mol. The summed E-state index contributed by atoms with van der Waals surface area (Å²) in [4.78, 5) is 0.202. The molecule has 1 N–H and O–H groups in total. The summed E-state index contributed by atoms with van der Waals surface area (Å²) in [6.45, 7) is 5.29. The lowest BCUT2D eigenvalue weighted by molar-refractivity contribution is 0.417. The van der Waals surface area contributed by atoms with Gasteiger partial charge in [-0.25, -0.2) is 8.42 Å². The number of rotatable bonds is 4. The van der Waals surface area contributed by atoms with Gasteiger partial charge in [-0.2, -0.15) is 5.10 Å². The number of ether oxygens (including phenoxy) is 1. The van der Waals surface area contributed by atoms with Crippen LogP contribution >= 0.6 is 0 Å². The van der Waals surface area contributed by atoms with Crippen molar-refractivity contribution in [2.75, 3.05) is 11.8 Å². The molecule has 2 aromatic rings. The average Bonchev–Trinajstić information content (AvgIpc) is 2.63.